The van der Waals surface area contributed by atoms with Gasteiger partial charge >= 0.3 is 0 Å². The first kappa shape index (κ1) is 17.8. The quantitative estimate of drug-likeness (QED) is 0.445. The highest BCUT2D eigenvalue weighted by molar-refractivity contribution is 6.31. The van der Waals surface area contributed by atoms with Gasteiger partial charge in [0, 0.05) is 40.5 Å². The lowest BCUT2D eigenvalue weighted by atomic mass is 10.2. The summed E-state index contributed by atoms with van der Waals surface area (Å²) in [6.45, 7) is 0.855. The lowest BCUT2D eigenvalue weighted by Crippen LogP contribution is -2.04. The molecule has 0 aromatic heterocycles. The minimum atomic E-state index is -0.411. The fourth-order valence-electron chi connectivity index (χ4n) is 2.49. The summed E-state index contributed by atoms with van der Waals surface area (Å²) in [5, 5.41) is 14.7. The van der Waals surface area contributed by atoms with Crippen LogP contribution in [0.1, 0.15) is 11.1 Å². The van der Waals surface area contributed by atoms with Gasteiger partial charge in [-0.05, 0) is 18.2 Å². The number of para-hydroxylation sites is 1. The van der Waals surface area contributed by atoms with Gasteiger partial charge in [0.05, 0.1) is 4.92 Å². The molecule has 3 aromatic carbocycles. The average Bonchev–Trinajstić information content (AvgIpc) is 2.66. The number of nitro benzene ring substituents is 1. The number of nitrogens with zero attached hydrogens (tertiary/aromatic N) is 1. The molecule has 0 spiro atoms. The zero-order valence-corrected chi connectivity index (χ0v) is 14.6. The minimum absolute atomic E-state index is 0.0539. The number of nitrogens with one attached hydrogen (secondary N) is 1. The van der Waals surface area contributed by atoms with Gasteiger partial charge in [0.15, 0.2) is 0 Å². The Labute approximate surface area is 156 Å². The molecule has 3 rings (SSSR count). The van der Waals surface area contributed by atoms with Crippen molar-refractivity contribution in [1.82, 2.24) is 0 Å². The Hall–Kier alpha value is -3.05. The van der Waals surface area contributed by atoms with Crippen LogP contribution in [-0.4, -0.2) is 4.92 Å². The molecule has 3 aromatic rings. The standard InChI is InChI=1S/C20H17ClN2O3/c21-19-10-3-1-7-16(19)14-26-20-11-4-2-6-15(20)13-22-17-8-5-9-18(12-17)23(24)25/h1-12,22H,13-14H2. The normalized spacial score (nSPS) is 10.3. The van der Waals surface area contributed by atoms with Gasteiger partial charge in [-0.25, -0.2) is 0 Å². The number of halogens is 1. The first-order valence-electron chi connectivity index (χ1n) is 8.06. The Kier molecular flexibility index (Phi) is 5.71. The van der Waals surface area contributed by atoms with E-state index < -0.39 is 4.92 Å². The molecule has 26 heavy (non-hydrogen) atoms. The summed E-state index contributed by atoms with van der Waals surface area (Å²) >= 11 is 6.16. The number of anilines is 1. The Bertz CT molecular complexity index is 915. The van der Waals surface area contributed by atoms with E-state index in [1.54, 1.807) is 12.1 Å². The summed E-state index contributed by atoms with van der Waals surface area (Å²) in [5.41, 5.74) is 2.60. The molecule has 0 saturated carbocycles. The summed E-state index contributed by atoms with van der Waals surface area (Å²) in [6, 6.07) is 21.6. The average molecular weight is 369 g/mol. The van der Waals surface area contributed by atoms with E-state index in [9.17, 15) is 10.1 Å². The summed E-state index contributed by atoms with van der Waals surface area (Å²) in [6.07, 6.45) is 0. The zero-order valence-electron chi connectivity index (χ0n) is 13.9. The first-order chi connectivity index (χ1) is 12.6. The number of non-ortho nitro benzene ring substituents is 1. The summed E-state index contributed by atoms with van der Waals surface area (Å²) < 4.78 is 5.92. The largest absolute Gasteiger partial charge is 0.488 e. The third-order valence-electron chi connectivity index (χ3n) is 3.85. The number of rotatable bonds is 7. The molecule has 0 aliphatic carbocycles. The highest BCUT2D eigenvalue weighted by Crippen LogP contribution is 2.24. The second kappa shape index (κ2) is 8.36. The number of hydrogen-bond acceptors (Lipinski definition) is 4. The minimum Gasteiger partial charge on any atom is -0.488 e. The molecule has 5 nitrogen and oxygen atoms in total. The zero-order chi connectivity index (χ0) is 18.4. The van der Waals surface area contributed by atoms with Gasteiger partial charge < -0.3 is 10.1 Å². The molecule has 0 amide bonds. The molecule has 0 heterocycles. The molecule has 0 fully saturated rings. The van der Waals surface area contributed by atoms with E-state index in [0.29, 0.717) is 23.9 Å². The Morgan fingerprint density at radius 2 is 1.69 bits per heavy atom. The van der Waals surface area contributed by atoms with E-state index in [4.69, 9.17) is 16.3 Å². The van der Waals surface area contributed by atoms with Gasteiger partial charge in [0.25, 0.3) is 5.69 Å². The van der Waals surface area contributed by atoms with Crippen molar-refractivity contribution in [3.05, 3.63) is 99.1 Å². The van der Waals surface area contributed by atoms with Crippen LogP contribution in [0.5, 0.6) is 5.75 Å². The number of nitro groups is 1. The Morgan fingerprint density at radius 3 is 2.46 bits per heavy atom. The van der Waals surface area contributed by atoms with E-state index in [1.807, 2.05) is 48.5 Å². The lowest BCUT2D eigenvalue weighted by molar-refractivity contribution is -0.384. The molecule has 0 saturated heterocycles. The molecule has 0 radical (unpaired) electrons. The third-order valence-corrected chi connectivity index (χ3v) is 4.22. The molecule has 0 aliphatic rings. The third kappa shape index (κ3) is 4.52. The lowest BCUT2D eigenvalue weighted by Gasteiger charge is -2.13. The molecule has 6 heteroatoms. The number of benzene rings is 3. The van der Waals surface area contributed by atoms with E-state index in [1.165, 1.54) is 12.1 Å². The van der Waals surface area contributed by atoms with Crippen LogP contribution >= 0.6 is 11.6 Å². The SMILES string of the molecule is O=[N+]([O-])c1cccc(NCc2ccccc2OCc2ccccc2Cl)c1. The van der Waals surface area contributed by atoms with Crippen molar-refractivity contribution in [2.24, 2.45) is 0 Å². The molecule has 0 bridgehead atoms. The maximum absolute atomic E-state index is 10.9. The number of ether oxygens (including phenoxy) is 1. The number of hydrogen-bond donors (Lipinski definition) is 1. The van der Waals surface area contributed by atoms with Crippen LogP contribution in [0.2, 0.25) is 5.02 Å². The summed E-state index contributed by atoms with van der Waals surface area (Å²) in [7, 11) is 0. The molecular formula is C20H17ClN2O3. The van der Waals surface area contributed by atoms with Crippen LogP contribution in [0.3, 0.4) is 0 Å². The van der Waals surface area contributed by atoms with Crippen LogP contribution in [0, 0.1) is 10.1 Å². The van der Waals surface area contributed by atoms with Gasteiger partial charge in [0.1, 0.15) is 12.4 Å². The predicted octanol–water partition coefficient (Wildman–Crippen LogP) is 5.44. The molecule has 0 unspecified atom stereocenters. The van der Waals surface area contributed by atoms with E-state index in [-0.39, 0.29) is 5.69 Å². The van der Waals surface area contributed by atoms with Crippen molar-refractivity contribution < 1.29 is 9.66 Å². The van der Waals surface area contributed by atoms with E-state index in [0.717, 1.165) is 16.9 Å². The van der Waals surface area contributed by atoms with Crippen LogP contribution in [0.25, 0.3) is 0 Å². The fourth-order valence-corrected chi connectivity index (χ4v) is 2.68. The van der Waals surface area contributed by atoms with Gasteiger partial charge in [-0.3, -0.25) is 10.1 Å². The highest BCUT2D eigenvalue weighted by Gasteiger charge is 2.08. The topological polar surface area (TPSA) is 64.4 Å². The van der Waals surface area contributed by atoms with Crippen molar-refractivity contribution in [2.75, 3.05) is 5.32 Å². The van der Waals surface area contributed by atoms with Crippen molar-refractivity contribution >= 4 is 23.0 Å². The Morgan fingerprint density at radius 1 is 0.962 bits per heavy atom. The predicted molar refractivity (Wildman–Crippen MR) is 103 cm³/mol. The summed E-state index contributed by atoms with van der Waals surface area (Å²) in [4.78, 5) is 10.5. The van der Waals surface area contributed by atoms with Gasteiger partial charge in [-0.15, -0.1) is 0 Å². The van der Waals surface area contributed by atoms with E-state index in [2.05, 4.69) is 5.32 Å². The van der Waals surface area contributed by atoms with Crippen LogP contribution in [0.4, 0.5) is 11.4 Å². The molecule has 132 valence electrons. The second-order valence-corrected chi connectivity index (χ2v) is 6.06. The maximum Gasteiger partial charge on any atom is 0.271 e. The smallest absolute Gasteiger partial charge is 0.271 e. The van der Waals surface area contributed by atoms with Crippen LogP contribution in [0.15, 0.2) is 72.8 Å². The molecule has 1 N–H and O–H groups in total. The highest BCUT2D eigenvalue weighted by atomic mass is 35.5. The van der Waals surface area contributed by atoms with E-state index >= 15 is 0 Å². The molecule has 0 atom stereocenters. The van der Waals surface area contributed by atoms with Gasteiger partial charge in [-0.1, -0.05) is 54.1 Å². The van der Waals surface area contributed by atoms with Crippen molar-refractivity contribution in [3.8, 4) is 5.75 Å². The van der Waals surface area contributed by atoms with Crippen LogP contribution in [-0.2, 0) is 13.2 Å². The fraction of sp³-hybridized carbons (Fsp3) is 0.100. The first-order valence-corrected chi connectivity index (χ1v) is 8.44. The Balaban J connectivity index is 1.68. The maximum atomic E-state index is 10.9. The monoisotopic (exact) mass is 368 g/mol. The summed E-state index contributed by atoms with van der Waals surface area (Å²) in [5.74, 6) is 0.741. The van der Waals surface area contributed by atoms with Crippen molar-refractivity contribution in [1.29, 1.82) is 0 Å². The van der Waals surface area contributed by atoms with Gasteiger partial charge in [0.2, 0.25) is 0 Å². The second-order valence-electron chi connectivity index (χ2n) is 5.65. The van der Waals surface area contributed by atoms with Crippen LogP contribution < -0.4 is 10.1 Å². The molecular weight excluding hydrogens is 352 g/mol. The molecule has 0 aliphatic heterocycles. The van der Waals surface area contributed by atoms with Gasteiger partial charge in [-0.2, -0.15) is 0 Å². The van der Waals surface area contributed by atoms with Crippen molar-refractivity contribution in [2.45, 2.75) is 13.2 Å². The van der Waals surface area contributed by atoms with Crippen molar-refractivity contribution in [3.63, 3.8) is 0 Å².